The molecule has 9 heteroatoms. The van der Waals surface area contributed by atoms with Crippen LogP contribution >= 0.6 is 0 Å². The van der Waals surface area contributed by atoms with E-state index < -0.39 is 51.4 Å². The number of rotatable bonds is 10. The first-order chi connectivity index (χ1) is 19.9. The van der Waals surface area contributed by atoms with Gasteiger partial charge in [-0.2, -0.15) is 0 Å². The lowest BCUT2D eigenvalue weighted by atomic mass is 9.99. The Morgan fingerprint density at radius 1 is 0.976 bits per heavy atom. The third kappa shape index (κ3) is 5.71. The predicted octanol–water partition coefficient (Wildman–Crippen LogP) is 4.03. The molecule has 3 aromatic rings. The Kier molecular flexibility index (Phi) is 8.45. The Bertz CT molecular complexity index is 1450. The smallest absolute Gasteiger partial charge is 0.356 e. The second-order valence-corrected chi connectivity index (χ2v) is 11.4. The second kappa shape index (κ2) is 12.3. The minimum atomic E-state index is -1.61. The minimum absolute atomic E-state index is 0.0503. The van der Waals surface area contributed by atoms with E-state index in [0.29, 0.717) is 17.7 Å². The molecule has 4 atom stereocenters. The van der Waals surface area contributed by atoms with Gasteiger partial charge >= 0.3 is 5.97 Å². The molecule has 1 fully saturated rings. The highest BCUT2D eigenvalue weighted by Gasteiger charge is 2.59. The molecule has 41 heavy (non-hydrogen) atoms. The van der Waals surface area contributed by atoms with Crippen LogP contribution in [0.2, 0.25) is 0 Å². The third-order valence-corrected chi connectivity index (χ3v) is 9.16. The van der Waals surface area contributed by atoms with Crippen molar-refractivity contribution in [2.24, 2.45) is 0 Å². The Hall–Kier alpha value is -4.50. The van der Waals surface area contributed by atoms with Crippen molar-refractivity contribution < 1.29 is 28.1 Å². The van der Waals surface area contributed by atoms with E-state index in [1.807, 2.05) is 66.7 Å². The highest BCUT2D eigenvalue weighted by Crippen LogP contribution is 2.40. The first-order valence-corrected chi connectivity index (χ1v) is 14.5. The molecule has 1 saturated heterocycles. The van der Waals surface area contributed by atoms with Gasteiger partial charge in [0, 0.05) is 0 Å². The number of amides is 2. The topological polar surface area (TPSA) is 102 Å². The minimum Gasteiger partial charge on any atom is -0.484 e. The molecule has 3 aromatic carbocycles. The Labute approximate surface area is 241 Å². The number of hydrogen-bond donors (Lipinski definition) is 1. The number of hydrogen-bond acceptors (Lipinski definition) is 6. The standard InChI is InChI=1S/C32H30N2O6S/c1-3-13-25-21(2)28(32(37)40-29(22-14-7-4-8-15-22)23-16-9-5-10-17-23)34-30(36)27(31(34)41(25)38)33-26(35)20-39-24-18-11-6-12-19-24/h3-12,14-19,25,27,29,31H,1,13,20H2,2H3,(H,33,35)/t25-,27-,31-,41?/m1/s1. The lowest BCUT2D eigenvalue weighted by Crippen LogP contribution is -2.74. The zero-order chi connectivity index (χ0) is 28.9. The number of carbonyl (C=O) groups excluding carboxylic acids is 3. The number of carbonyl (C=O) groups is 3. The summed E-state index contributed by atoms with van der Waals surface area (Å²) < 4.78 is 25.2. The summed E-state index contributed by atoms with van der Waals surface area (Å²) >= 11 is 0. The molecule has 0 bridgehead atoms. The summed E-state index contributed by atoms with van der Waals surface area (Å²) in [4.78, 5) is 41.1. The van der Waals surface area contributed by atoms with Crippen LogP contribution in [0.1, 0.15) is 30.6 Å². The molecule has 0 radical (unpaired) electrons. The van der Waals surface area contributed by atoms with Crippen molar-refractivity contribution in [3.63, 3.8) is 0 Å². The van der Waals surface area contributed by atoms with Crippen LogP contribution in [-0.4, -0.2) is 50.2 Å². The zero-order valence-corrected chi connectivity index (χ0v) is 23.3. The summed E-state index contributed by atoms with van der Waals surface area (Å²) in [6.07, 6.45) is 1.23. The summed E-state index contributed by atoms with van der Waals surface area (Å²) in [5, 5.41) is 1.15. The quantitative estimate of drug-likeness (QED) is 0.224. The Balaban J connectivity index is 1.39. The van der Waals surface area contributed by atoms with Crippen LogP contribution in [0, 0.1) is 0 Å². The number of nitrogens with zero attached hydrogens (tertiary/aromatic N) is 1. The van der Waals surface area contributed by atoms with E-state index in [-0.39, 0.29) is 12.3 Å². The van der Waals surface area contributed by atoms with Gasteiger partial charge in [-0.1, -0.05) is 84.9 Å². The van der Waals surface area contributed by atoms with Gasteiger partial charge in [-0.15, -0.1) is 6.58 Å². The number of para-hydroxylation sites is 1. The van der Waals surface area contributed by atoms with Gasteiger partial charge in [0.2, 0.25) is 0 Å². The fourth-order valence-electron chi connectivity index (χ4n) is 5.07. The van der Waals surface area contributed by atoms with Crippen molar-refractivity contribution in [2.45, 2.75) is 36.1 Å². The van der Waals surface area contributed by atoms with Crippen LogP contribution in [0.3, 0.4) is 0 Å². The molecule has 2 aliphatic rings. The first-order valence-electron chi connectivity index (χ1n) is 13.2. The average molecular weight is 571 g/mol. The van der Waals surface area contributed by atoms with Gasteiger partial charge in [0.05, 0.1) is 16.0 Å². The summed E-state index contributed by atoms with van der Waals surface area (Å²) in [5.74, 6) is -1.27. The van der Waals surface area contributed by atoms with E-state index in [2.05, 4.69) is 11.9 Å². The van der Waals surface area contributed by atoms with Gasteiger partial charge in [0.1, 0.15) is 22.9 Å². The summed E-state index contributed by atoms with van der Waals surface area (Å²) in [5.41, 5.74) is 2.06. The fourth-order valence-corrected chi connectivity index (χ4v) is 7.06. The van der Waals surface area contributed by atoms with Crippen LogP contribution in [0.4, 0.5) is 0 Å². The summed E-state index contributed by atoms with van der Waals surface area (Å²) in [6.45, 7) is 5.15. The molecule has 2 amide bonds. The second-order valence-electron chi connectivity index (χ2n) is 9.73. The van der Waals surface area contributed by atoms with Gasteiger partial charge in [-0.05, 0) is 42.2 Å². The van der Waals surface area contributed by atoms with Crippen LogP contribution in [0.5, 0.6) is 5.75 Å². The molecule has 210 valence electrons. The normalized spacial score (nSPS) is 21.5. The molecule has 1 unspecified atom stereocenters. The Morgan fingerprint density at radius 3 is 2.10 bits per heavy atom. The molecular formula is C32H30N2O6S. The molecular weight excluding hydrogens is 540 g/mol. The Morgan fingerprint density at radius 2 is 1.54 bits per heavy atom. The van der Waals surface area contributed by atoms with Crippen LogP contribution in [0.25, 0.3) is 0 Å². The van der Waals surface area contributed by atoms with E-state index >= 15 is 0 Å². The highest BCUT2D eigenvalue weighted by atomic mass is 32.2. The van der Waals surface area contributed by atoms with E-state index in [9.17, 15) is 18.6 Å². The van der Waals surface area contributed by atoms with Gasteiger partial charge in [0.15, 0.2) is 12.7 Å². The van der Waals surface area contributed by atoms with Gasteiger partial charge < -0.3 is 14.8 Å². The maximum absolute atomic E-state index is 13.8. The lowest BCUT2D eigenvalue weighted by Gasteiger charge is -2.51. The summed E-state index contributed by atoms with van der Waals surface area (Å²) in [6, 6.07) is 26.4. The SMILES string of the molecule is C=CC[C@@H]1C(C)=C(C(=O)OC(c2ccccc2)c2ccccc2)N2C(=O)[C@@H](NC(=O)COc3ccccc3)[C@H]2S1=O. The molecule has 5 rings (SSSR count). The lowest BCUT2D eigenvalue weighted by molar-refractivity contribution is -0.155. The maximum atomic E-state index is 13.8. The third-order valence-electron chi connectivity index (χ3n) is 7.09. The zero-order valence-electron chi connectivity index (χ0n) is 22.5. The number of allylic oxidation sites excluding steroid dienone is 1. The molecule has 0 saturated carbocycles. The molecule has 8 nitrogen and oxygen atoms in total. The van der Waals surface area contributed by atoms with Gasteiger partial charge in [-0.3, -0.25) is 18.7 Å². The number of ether oxygens (including phenoxy) is 2. The van der Waals surface area contributed by atoms with Crippen molar-refractivity contribution in [3.05, 3.63) is 126 Å². The summed E-state index contributed by atoms with van der Waals surface area (Å²) in [7, 11) is -1.61. The number of esters is 1. The molecule has 0 aromatic heterocycles. The van der Waals surface area contributed by atoms with Crippen LogP contribution in [-0.2, 0) is 29.9 Å². The molecule has 1 N–H and O–H groups in total. The van der Waals surface area contributed by atoms with Crippen molar-refractivity contribution in [3.8, 4) is 5.75 Å². The number of nitrogens with one attached hydrogen (secondary N) is 1. The first kappa shape index (κ1) is 28.0. The molecule has 2 heterocycles. The molecule has 0 aliphatic carbocycles. The van der Waals surface area contributed by atoms with Crippen molar-refractivity contribution >= 4 is 28.6 Å². The van der Waals surface area contributed by atoms with E-state index in [1.165, 1.54) is 4.90 Å². The van der Waals surface area contributed by atoms with E-state index in [4.69, 9.17) is 9.47 Å². The van der Waals surface area contributed by atoms with Crippen molar-refractivity contribution in [2.75, 3.05) is 6.61 Å². The van der Waals surface area contributed by atoms with Gasteiger partial charge in [0.25, 0.3) is 11.8 Å². The van der Waals surface area contributed by atoms with Crippen LogP contribution in [0.15, 0.2) is 115 Å². The number of β-lactam (4-membered cyclic amide) rings is 1. The molecule has 2 aliphatic heterocycles. The monoisotopic (exact) mass is 570 g/mol. The number of fused-ring (bicyclic) bond motifs is 1. The fraction of sp³-hybridized carbons (Fsp3) is 0.219. The molecule has 0 spiro atoms. The van der Waals surface area contributed by atoms with Crippen molar-refractivity contribution in [1.82, 2.24) is 10.2 Å². The maximum Gasteiger partial charge on any atom is 0.356 e. The largest absolute Gasteiger partial charge is 0.484 e. The van der Waals surface area contributed by atoms with Crippen LogP contribution < -0.4 is 10.1 Å². The average Bonchev–Trinajstić information content (AvgIpc) is 3.01. The van der Waals surface area contributed by atoms with E-state index in [1.54, 1.807) is 37.3 Å². The predicted molar refractivity (Wildman–Crippen MR) is 155 cm³/mol. The highest BCUT2D eigenvalue weighted by molar-refractivity contribution is 7.86. The van der Waals surface area contributed by atoms with Gasteiger partial charge in [-0.25, -0.2) is 4.79 Å². The van der Waals surface area contributed by atoms with Crippen molar-refractivity contribution in [1.29, 1.82) is 0 Å². The number of benzene rings is 3. The van der Waals surface area contributed by atoms with E-state index in [0.717, 1.165) is 11.1 Å².